The van der Waals surface area contributed by atoms with E-state index in [1.807, 2.05) is 13.8 Å². The van der Waals surface area contributed by atoms with E-state index in [4.69, 9.17) is 0 Å². The highest BCUT2D eigenvalue weighted by molar-refractivity contribution is 7.15. The number of hydrogen-bond donors (Lipinski definition) is 2. The van der Waals surface area contributed by atoms with E-state index < -0.39 is 12.1 Å². The molecule has 2 rings (SSSR count). The van der Waals surface area contributed by atoms with Crippen LogP contribution in [0.15, 0.2) is 24.3 Å². The lowest BCUT2D eigenvalue weighted by Crippen LogP contribution is -2.34. The van der Waals surface area contributed by atoms with E-state index >= 15 is 0 Å². The van der Waals surface area contributed by atoms with Gasteiger partial charge in [0.2, 0.25) is 5.13 Å². The maximum atomic E-state index is 12.9. The number of carbonyl (C=O) groups excluding carboxylic acids is 1. The molecule has 1 aromatic heterocycles. The van der Waals surface area contributed by atoms with Crippen LogP contribution in [0.2, 0.25) is 0 Å². The molecule has 1 atom stereocenters. The first-order valence-electron chi connectivity index (χ1n) is 7.16. The Morgan fingerprint density at radius 3 is 2.57 bits per heavy atom. The normalized spacial score (nSPS) is 12.3. The van der Waals surface area contributed by atoms with Gasteiger partial charge in [-0.1, -0.05) is 37.3 Å². The standard InChI is InChI=1S/C15H19FN4O2S/c1-9(2)13-18-19-14(23-13)17-15(22)20(3)8-12(21)10-4-6-11(16)7-5-10/h4-7,9,12,21H,8H2,1-3H3,(H,17,19,22). The van der Waals surface area contributed by atoms with Gasteiger partial charge in [0.25, 0.3) is 0 Å². The molecule has 0 aliphatic heterocycles. The molecule has 0 saturated heterocycles. The Bertz CT molecular complexity index is 660. The van der Waals surface area contributed by atoms with E-state index in [0.29, 0.717) is 10.7 Å². The first-order chi connectivity index (χ1) is 10.9. The van der Waals surface area contributed by atoms with E-state index in [-0.39, 0.29) is 18.3 Å². The fourth-order valence-electron chi connectivity index (χ4n) is 1.84. The second-order valence-corrected chi connectivity index (χ2v) is 6.49. The molecule has 6 nitrogen and oxygen atoms in total. The van der Waals surface area contributed by atoms with Crippen molar-refractivity contribution in [3.63, 3.8) is 0 Å². The summed E-state index contributed by atoms with van der Waals surface area (Å²) in [4.78, 5) is 13.4. The quantitative estimate of drug-likeness (QED) is 0.878. The third kappa shape index (κ3) is 4.70. The third-order valence-electron chi connectivity index (χ3n) is 3.20. The lowest BCUT2D eigenvalue weighted by atomic mass is 10.1. The van der Waals surface area contributed by atoms with Crippen molar-refractivity contribution >= 4 is 22.5 Å². The number of aromatic nitrogens is 2. The Kier molecular flexibility index (Phi) is 5.62. The summed E-state index contributed by atoms with van der Waals surface area (Å²) < 4.78 is 12.9. The second kappa shape index (κ2) is 7.47. The van der Waals surface area contributed by atoms with Crippen molar-refractivity contribution in [1.82, 2.24) is 15.1 Å². The van der Waals surface area contributed by atoms with Crippen LogP contribution < -0.4 is 5.32 Å². The van der Waals surface area contributed by atoms with Gasteiger partial charge in [0.1, 0.15) is 10.8 Å². The van der Waals surface area contributed by atoms with E-state index in [0.717, 1.165) is 5.01 Å². The van der Waals surface area contributed by atoms with Crippen molar-refractivity contribution in [2.24, 2.45) is 0 Å². The monoisotopic (exact) mass is 338 g/mol. The number of anilines is 1. The van der Waals surface area contributed by atoms with Gasteiger partial charge in [0.15, 0.2) is 0 Å². The predicted molar refractivity (Wildman–Crippen MR) is 87.0 cm³/mol. The minimum absolute atomic E-state index is 0.0767. The summed E-state index contributed by atoms with van der Waals surface area (Å²) in [5.41, 5.74) is 0.545. The molecular formula is C15H19FN4O2S. The molecule has 23 heavy (non-hydrogen) atoms. The van der Waals surface area contributed by atoms with Gasteiger partial charge >= 0.3 is 6.03 Å². The number of nitrogens with zero attached hydrogens (tertiary/aromatic N) is 3. The van der Waals surface area contributed by atoms with Crippen molar-refractivity contribution in [1.29, 1.82) is 0 Å². The fourth-order valence-corrected chi connectivity index (χ4v) is 2.57. The fraction of sp³-hybridized carbons (Fsp3) is 0.400. The molecule has 0 bridgehead atoms. The lowest BCUT2D eigenvalue weighted by molar-refractivity contribution is 0.136. The zero-order valence-electron chi connectivity index (χ0n) is 13.2. The molecule has 0 aliphatic rings. The molecule has 8 heteroatoms. The van der Waals surface area contributed by atoms with Crippen LogP contribution in [0.25, 0.3) is 0 Å². The number of carbonyl (C=O) groups is 1. The number of likely N-dealkylation sites (N-methyl/N-ethyl adjacent to an activating group) is 1. The first-order valence-corrected chi connectivity index (χ1v) is 7.97. The van der Waals surface area contributed by atoms with E-state index in [9.17, 15) is 14.3 Å². The molecular weight excluding hydrogens is 319 g/mol. The minimum atomic E-state index is -0.896. The Labute approximate surface area is 138 Å². The van der Waals surface area contributed by atoms with Crippen LogP contribution in [0.3, 0.4) is 0 Å². The Hall–Kier alpha value is -2.06. The lowest BCUT2D eigenvalue weighted by Gasteiger charge is -2.20. The van der Waals surface area contributed by atoms with Gasteiger partial charge in [-0.05, 0) is 17.7 Å². The Morgan fingerprint density at radius 1 is 1.35 bits per heavy atom. The molecule has 2 N–H and O–H groups in total. The molecule has 0 radical (unpaired) electrons. The number of aliphatic hydroxyl groups excluding tert-OH is 1. The summed E-state index contributed by atoms with van der Waals surface area (Å²) >= 11 is 1.32. The maximum Gasteiger partial charge on any atom is 0.323 e. The van der Waals surface area contributed by atoms with Crippen molar-refractivity contribution < 1.29 is 14.3 Å². The third-order valence-corrected chi connectivity index (χ3v) is 4.34. The number of nitrogens with one attached hydrogen (secondary N) is 1. The van der Waals surface area contributed by atoms with Gasteiger partial charge in [0, 0.05) is 13.0 Å². The zero-order chi connectivity index (χ0) is 17.0. The van der Waals surface area contributed by atoms with Gasteiger partial charge in [-0.25, -0.2) is 9.18 Å². The molecule has 1 unspecified atom stereocenters. The minimum Gasteiger partial charge on any atom is -0.387 e. The smallest absolute Gasteiger partial charge is 0.323 e. The molecule has 2 amide bonds. The first kappa shape index (κ1) is 17.3. The number of amides is 2. The molecule has 0 fully saturated rings. The summed E-state index contributed by atoms with van der Waals surface area (Å²) in [5, 5.41) is 21.9. The number of urea groups is 1. The molecule has 0 aliphatic carbocycles. The number of aliphatic hydroxyl groups is 1. The summed E-state index contributed by atoms with van der Waals surface area (Å²) in [6.07, 6.45) is -0.896. The molecule has 2 aromatic rings. The second-order valence-electron chi connectivity index (χ2n) is 5.48. The van der Waals surface area contributed by atoms with Gasteiger partial charge < -0.3 is 10.0 Å². The topological polar surface area (TPSA) is 78.4 Å². The average molecular weight is 338 g/mol. The highest BCUT2D eigenvalue weighted by atomic mass is 32.1. The number of rotatable bonds is 5. The molecule has 124 valence electrons. The molecule has 1 aromatic carbocycles. The number of hydrogen-bond acceptors (Lipinski definition) is 5. The van der Waals surface area contributed by atoms with Crippen LogP contribution in [-0.2, 0) is 0 Å². The van der Waals surface area contributed by atoms with Gasteiger partial charge in [-0.2, -0.15) is 0 Å². The SMILES string of the molecule is CC(C)c1nnc(NC(=O)N(C)CC(O)c2ccc(F)cc2)s1. The van der Waals surface area contributed by atoms with E-state index in [1.54, 1.807) is 7.05 Å². The number of benzene rings is 1. The van der Waals surface area contributed by atoms with Crippen LogP contribution >= 0.6 is 11.3 Å². The van der Waals surface area contributed by atoms with Crippen LogP contribution in [0, 0.1) is 5.82 Å². The van der Waals surface area contributed by atoms with Gasteiger partial charge in [-0.15, -0.1) is 10.2 Å². The summed E-state index contributed by atoms with van der Waals surface area (Å²) in [5.74, 6) is -0.125. The highest BCUT2D eigenvalue weighted by Crippen LogP contribution is 2.22. The average Bonchev–Trinajstić information content (AvgIpc) is 2.96. The molecule has 0 saturated carbocycles. The van der Waals surface area contributed by atoms with E-state index in [2.05, 4.69) is 15.5 Å². The van der Waals surface area contributed by atoms with Crippen LogP contribution in [0.4, 0.5) is 14.3 Å². The Balaban J connectivity index is 1.92. The zero-order valence-corrected chi connectivity index (χ0v) is 14.0. The van der Waals surface area contributed by atoms with Crippen molar-refractivity contribution in [2.45, 2.75) is 25.9 Å². The van der Waals surface area contributed by atoms with E-state index in [1.165, 1.54) is 40.5 Å². The highest BCUT2D eigenvalue weighted by Gasteiger charge is 2.17. The van der Waals surface area contributed by atoms with Crippen LogP contribution in [0.1, 0.15) is 36.4 Å². The Morgan fingerprint density at radius 2 is 2.00 bits per heavy atom. The summed E-state index contributed by atoms with van der Waals surface area (Å²) in [6.45, 7) is 4.07. The summed E-state index contributed by atoms with van der Waals surface area (Å²) in [6, 6.07) is 5.13. The van der Waals surface area contributed by atoms with Gasteiger partial charge in [-0.3, -0.25) is 5.32 Å². The largest absolute Gasteiger partial charge is 0.387 e. The maximum absolute atomic E-state index is 12.9. The van der Waals surface area contributed by atoms with Crippen molar-refractivity contribution in [2.75, 3.05) is 18.9 Å². The van der Waals surface area contributed by atoms with Crippen LogP contribution in [0.5, 0.6) is 0 Å². The van der Waals surface area contributed by atoms with Gasteiger partial charge in [0.05, 0.1) is 12.6 Å². The van der Waals surface area contributed by atoms with Crippen molar-refractivity contribution in [3.8, 4) is 0 Å². The summed E-state index contributed by atoms with van der Waals surface area (Å²) in [7, 11) is 1.56. The predicted octanol–water partition coefficient (Wildman–Crippen LogP) is 3.00. The molecule has 1 heterocycles. The number of halogens is 1. The van der Waals surface area contributed by atoms with Crippen molar-refractivity contribution in [3.05, 3.63) is 40.7 Å². The van der Waals surface area contributed by atoms with Crippen LogP contribution in [-0.4, -0.2) is 39.8 Å². The molecule has 0 spiro atoms.